The maximum atomic E-state index is 12.7. The van der Waals surface area contributed by atoms with Crippen LogP contribution in [-0.2, 0) is 4.79 Å². The number of hydrogen-bond donors (Lipinski definition) is 1. The first kappa shape index (κ1) is 18.7. The molecule has 3 aromatic rings. The minimum Gasteiger partial charge on any atom is -0.310 e. The van der Waals surface area contributed by atoms with E-state index >= 15 is 0 Å². The normalized spacial score (nSPS) is 15.0. The van der Waals surface area contributed by atoms with E-state index < -0.39 is 0 Å². The monoisotopic (exact) mass is 396 g/mol. The molecule has 0 spiro atoms. The zero-order valence-electron chi connectivity index (χ0n) is 16.2. The number of aromatic nitrogens is 5. The average Bonchev–Trinajstić information content (AvgIpc) is 3.28. The predicted molar refractivity (Wildman–Crippen MR) is 110 cm³/mol. The third kappa shape index (κ3) is 3.96. The fourth-order valence-electron chi connectivity index (χ4n) is 2.98. The largest absolute Gasteiger partial charge is 0.310 e. The molecule has 0 radical (unpaired) electrons. The van der Waals surface area contributed by atoms with Gasteiger partial charge >= 0.3 is 0 Å². The summed E-state index contributed by atoms with van der Waals surface area (Å²) in [5.74, 6) is 2.07. The third-order valence-electron chi connectivity index (χ3n) is 4.62. The van der Waals surface area contributed by atoms with Crippen molar-refractivity contribution in [1.82, 2.24) is 24.5 Å². The van der Waals surface area contributed by atoms with Crippen molar-refractivity contribution in [1.29, 1.82) is 0 Å². The third-order valence-corrected chi connectivity index (χ3v) is 5.57. The van der Waals surface area contributed by atoms with E-state index in [1.807, 2.05) is 61.9 Å². The Labute approximate surface area is 168 Å². The number of para-hydroxylation sites is 1. The summed E-state index contributed by atoms with van der Waals surface area (Å²) in [4.78, 5) is 17.4. The number of benzene rings is 1. The molecular formula is C20H24N6OS. The van der Waals surface area contributed by atoms with Gasteiger partial charge in [0.15, 0.2) is 0 Å². The lowest BCUT2D eigenvalue weighted by Crippen LogP contribution is -2.24. The van der Waals surface area contributed by atoms with Crippen LogP contribution in [0.3, 0.4) is 0 Å². The van der Waals surface area contributed by atoms with Crippen LogP contribution in [0.15, 0.2) is 47.8 Å². The molecule has 2 heterocycles. The Balaban J connectivity index is 1.49. The van der Waals surface area contributed by atoms with Crippen LogP contribution in [0.25, 0.3) is 5.69 Å². The maximum Gasteiger partial charge on any atom is 0.238 e. The number of amides is 1. The summed E-state index contributed by atoms with van der Waals surface area (Å²) < 4.78 is 3.71. The zero-order valence-corrected chi connectivity index (χ0v) is 17.1. The second-order valence-electron chi connectivity index (χ2n) is 7.28. The number of carbonyl (C=O) groups is 1. The molecule has 0 aliphatic heterocycles. The van der Waals surface area contributed by atoms with Crippen LogP contribution >= 0.6 is 11.8 Å². The van der Waals surface area contributed by atoms with E-state index in [0.29, 0.717) is 16.9 Å². The molecule has 0 unspecified atom stereocenters. The molecule has 1 aliphatic carbocycles. The van der Waals surface area contributed by atoms with Crippen molar-refractivity contribution in [3.63, 3.8) is 0 Å². The number of nitrogens with zero attached hydrogens (tertiary/aromatic N) is 5. The molecule has 0 bridgehead atoms. The molecule has 1 fully saturated rings. The Kier molecular flexibility index (Phi) is 5.21. The van der Waals surface area contributed by atoms with Crippen molar-refractivity contribution >= 4 is 23.5 Å². The van der Waals surface area contributed by atoms with E-state index in [9.17, 15) is 4.79 Å². The lowest BCUT2D eigenvalue weighted by atomic mass is 10.3. The second-order valence-corrected chi connectivity index (χ2v) is 8.59. The van der Waals surface area contributed by atoms with Gasteiger partial charge in [0.1, 0.15) is 11.6 Å². The summed E-state index contributed by atoms with van der Waals surface area (Å²) in [6.45, 7) is 5.93. The van der Waals surface area contributed by atoms with Gasteiger partial charge in [-0.25, -0.2) is 14.3 Å². The maximum absolute atomic E-state index is 12.7. The van der Waals surface area contributed by atoms with Gasteiger partial charge in [0.05, 0.1) is 17.1 Å². The summed E-state index contributed by atoms with van der Waals surface area (Å²) in [6.07, 6.45) is 3.98. The van der Waals surface area contributed by atoms with Crippen LogP contribution < -0.4 is 5.32 Å². The molecule has 1 amide bonds. The minimum atomic E-state index is -0.325. The smallest absolute Gasteiger partial charge is 0.238 e. The van der Waals surface area contributed by atoms with E-state index in [1.165, 1.54) is 11.8 Å². The van der Waals surface area contributed by atoms with Crippen molar-refractivity contribution in [3.8, 4) is 5.69 Å². The van der Waals surface area contributed by atoms with Gasteiger partial charge in [-0.15, -0.1) is 5.10 Å². The van der Waals surface area contributed by atoms with Crippen molar-refractivity contribution in [2.45, 2.75) is 56.0 Å². The topological polar surface area (TPSA) is 77.6 Å². The second kappa shape index (κ2) is 7.79. The Hall–Kier alpha value is -2.61. The van der Waals surface area contributed by atoms with Gasteiger partial charge in [-0.05, 0) is 45.7 Å². The molecule has 1 aromatic carbocycles. The average molecular weight is 397 g/mol. The molecule has 28 heavy (non-hydrogen) atoms. The van der Waals surface area contributed by atoms with E-state index in [1.54, 1.807) is 10.9 Å². The highest BCUT2D eigenvalue weighted by molar-refractivity contribution is 8.00. The first-order chi connectivity index (χ1) is 13.5. The molecule has 4 rings (SSSR count). The summed E-state index contributed by atoms with van der Waals surface area (Å²) in [6, 6.07) is 12.0. The van der Waals surface area contributed by atoms with Crippen LogP contribution in [-0.4, -0.2) is 35.7 Å². The number of anilines is 1. The molecule has 146 valence electrons. The highest BCUT2D eigenvalue weighted by atomic mass is 32.2. The van der Waals surface area contributed by atoms with Crippen LogP contribution in [0.1, 0.15) is 51.4 Å². The van der Waals surface area contributed by atoms with Crippen molar-refractivity contribution in [2.75, 3.05) is 5.32 Å². The lowest BCUT2D eigenvalue weighted by Gasteiger charge is -2.14. The van der Waals surface area contributed by atoms with Gasteiger partial charge < -0.3 is 5.32 Å². The van der Waals surface area contributed by atoms with Crippen LogP contribution in [0.5, 0.6) is 0 Å². The van der Waals surface area contributed by atoms with Crippen molar-refractivity contribution < 1.29 is 4.79 Å². The molecule has 7 nitrogen and oxygen atoms in total. The molecule has 1 N–H and O–H groups in total. The standard InChI is InChI=1S/C20H24N6OS/c1-13(2)25-17(11-12-21-25)22-19(27)14(3)28-20-23-18(15-9-10-15)26(24-20)16-7-5-4-6-8-16/h4-8,11-15H,9-10H2,1-3H3,(H,22,27)/t14-/m1/s1. The number of hydrogen-bond acceptors (Lipinski definition) is 5. The summed E-state index contributed by atoms with van der Waals surface area (Å²) in [5.41, 5.74) is 1.00. The number of rotatable bonds is 7. The number of thioether (sulfide) groups is 1. The first-order valence-electron chi connectivity index (χ1n) is 9.56. The van der Waals surface area contributed by atoms with Crippen molar-refractivity contribution in [2.24, 2.45) is 0 Å². The summed E-state index contributed by atoms with van der Waals surface area (Å²) >= 11 is 1.38. The molecule has 1 atom stereocenters. The first-order valence-corrected chi connectivity index (χ1v) is 10.4. The number of nitrogens with one attached hydrogen (secondary N) is 1. The summed E-state index contributed by atoms with van der Waals surface area (Å²) in [7, 11) is 0. The van der Waals surface area contributed by atoms with Crippen LogP contribution in [0.4, 0.5) is 5.82 Å². The van der Waals surface area contributed by atoms with E-state index in [0.717, 1.165) is 24.4 Å². The van der Waals surface area contributed by atoms with Crippen LogP contribution in [0, 0.1) is 0 Å². The van der Waals surface area contributed by atoms with E-state index in [4.69, 9.17) is 4.98 Å². The highest BCUT2D eigenvalue weighted by Crippen LogP contribution is 2.40. The van der Waals surface area contributed by atoms with Gasteiger partial charge in [0.25, 0.3) is 0 Å². The Morgan fingerprint density at radius 3 is 2.61 bits per heavy atom. The summed E-state index contributed by atoms with van der Waals surface area (Å²) in [5, 5.41) is 12.2. The fraction of sp³-hybridized carbons (Fsp3) is 0.400. The molecule has 2 aromatic heterocycles. The highest BCUT2D eigenvalue weighted by Gasteiger charge is 2.31. The quantitative estimate of drug-likeness (QED) is 0.610. The molecule has 1 aliphatic rings. The van der Waals surface area contributed by atoms with Gasteiger partial charge in [-0.3, -0.25) is 4.79 Å². The van der Waals surface area contributed by atoms with Crippen LogP contribution in [0.2, 0.25) is 0 Å². The molecular weight excluding hydrogens is 372 g/mol. The van der Waals surface area contributed by atoms with Gasteiger partial charge in [-0.1, -0.05) is 30.0 Å². The minimum absolute atomic E-state index is 0.0866. The Bertz CT molecular complexity index is 960. The Morgan fingerprint density at radius 1 is 1.18 bits per heavy atom. The van der Waals surface area contributed by atoms with Gasteiger partial charge in [0, 0.05) is 18.0 Å². The molecule has 8 heteroatoms. The zero-order chi connectivity index (χ0) is 19.7. The Morgan fingerprint density at radius 2 is 1.93 bits per heavy atom. The predicted octanol–water partition coefficient (Wildman–Crippen LogP) is 4.04. The van der Waals surface area contributed by atoms with E-state index in [2.05, 4.69) is 15.5 Å². The van der Waals surface area contributed by atoms with E-state index in [-0.39, 0.29) is 17.2 Å². The fourth-order valence-corrected chi connectivity index (χ4v) is 3.74. The lowest BCUT2D eigenvalue weighted by molar-refractivity contribution is -0.115. The van der Waals surface area contributed by atoms with Gasteiger partial charge in [-0.2, -0.15) is 5.10 Å². The molecule has 1 saturated carbocycles. The SMILES string of the molecule is CC(C)n1nccc1NC(=O)[C@@H](C)Sc1nc(C2CC2)n(-c2ccccc2)n1. The molecule has 0 saturated heterocycles. The number of carbonyl (C=O) groups excluding carboxylic acids is 1. The van der Waals surface area contributed by atoms with Gasteiger partial charge in [0.2, 0.25) is 11.1 Å². The van der Waals surface area contributed by atoms with Crippen molar-refractivity contribution in [3.05, 3.63) is 48.4 Å².